The molecule has 1 N–H and O–H groups in total. The van der Waals surface area contributed by atoms with Gasteiger partial charge in [0.05, 0.1) is 17.6 Å². The molecule has 0 aliphatic rings. The van der Waals surface area contributed by atoms with Gasteiger partial charge >= 0.3 is 0 Å². The first kappa shape index (κ1) is 19.2. The number of hydrogen-bond donors (Lipinski definition) is 1. The topological polar surface area (TPSA) is 72.9 Å². The van der Waals surface area contributed by atoms with Gasteiger partial charge < -0.3 is 14.3 Å². The van der Waals surface area contributed by atoms with Gasteiger partial charge in [-0.25, -0.2) is 0 Å². The van der Waals surface area contributed by atoms with Gasteiger partial charge in [0.1, 0.15) is 5.76 Å². The Kier molecular flexibility index (Phi) is 6.34. The van der Waals surface area contributed by atoms with Gasteiger partial charge in [0, 0.05) is 13.1 Å². The van der Waals surface area contributed by atoms with Crippen LogP contribution in [0.4, 0.5) is 0 Å². The van der Waals surface area contributed by atoms with Crippen molar-refractivity contribution in [2.75, 3.05) is 5.75 Å². The van der Waals surface area contributed by atoms with Crippen molar-refractivity contribution in [2.45, 2.75) is 37.9 Å². The molecule has 6 nitrogen and oxygen atoms in total. The maximum absolute atomic E-state index is 12.2. The fourth-order valence-corrected chi connectivity index (χ4v) is 3.56. The smallest absolute Gasteiger partial charge is 0.230 e. The lowest BCUT2D eigenvalue weighted by atomic mass is 10.1. The van der Waals surface area contributed by atoms with Crippen molar-refractivity contribution in [1.29, 1.82) is 0 Å². The number of carbonyl (C=O) groups is 1. The Morgan fingerprint density at radius 3 is 2.74 bits per heavy atom. The molecule has 0 bridgehead atoms. The Bertz CT molecular complexity index is 889. The molecule has 7 heteroatoms. The Hall–Kier alpha value is -2.54. The summed E-state index contributed by atoms with van der Waals surface area (Å²) in [5.41, 5.74) is 2.20. The van der Waals surface area contributed by atoms with Gasteiger partial charge in [0.2, 0.25) is 5.91 Å². The van der Waals surface area contributed by atoms with Crippen molar-refractivity contribution in [3.8, 4) is 11.4 Å². The van der Waals surface area contributed by atoms with Gasteiger partial charge in [-0.05, 0) is 38.3 Å². The summed E-state index contributed by atoms with van der Waals surface area (Å²) >= 11 is 1.38. The van der Waals surface area contributed by atoms with E-state index in [9.17, 15) is 4.79 Å². The third-order valence-electron chi connectivity index (χ3n) is 4.38. The lowest BCUT2D eigenvalue weighted by Gasteiger charge is -2.13. The fourth-order valence-electron chi connectivity index (χ4n) is 2.84. The SMILES string of the molecule is Cc1occc1-c1nnc(SCC(=O)N[C@H](C)CCc2ccccc2)n1C. The van der Waals surface area contributed by atoms with Crippen LogP contribution in [0.25, 0.3) is 11.4 Å². The van der Waals surface area contributed by atoms with Crippen LogP contribution in [-0.4, -0.2) is 32.5 Å². The van der Waals surface area contributed by atoms with Crippen LogP contribution in [0.2, 0.25) is 0 Å². The number of rotatable bonds is 8. The number of nitrogens with zero attached hydrogens (tertiary/aromatic N) is 3. The zero-order valence-electron chi connectivity index (χ0n) is 15.8. The summed E-state index contributed by atoms with van der Waals surface area (Å²) < 4.78 is 7.21. The predicted octanol–water partition coefficient (Wildman–Crippen LogP) is 3.61. The lowest BCUT2D eigenvalue weighted by molar-refractivity contribution is -0.119. The molecule has 0 saturated carbocycles. The van der Waals surface area contributed by atoms with Crippen LogP contribution in [-0.2, 0) is 18.3 Å². The number of amides is 1. The molecule has 2 heterocycles. The van der Waals surface area contributed by atoms with Crippen molar-refractivity contribution in [2.24, 2.45) is 7.05 Å². The number of carbonyl (C=O) groups excluding carboxylic acids is 1. The Labute approximate surface area is 163 Å². The molecule has 2 aromatic heterocycles. The summed E-state index contributed by atoms with van der Waals surface area (Å²) in [5, 5.41) is 12.2. The highest BCUT2D eigenvalue weighted by Gasteiger charge is 2.16. The van der Waals surface area contributed by atoms with Crippen LogP contribution in [0.3, 0.4) is 0 Å². The highest BCUT2D eigenvalue weighted by Crippen LogP contribution is 2.25. The van der Waals surface area contributed by atoms with Gasteiger partial charge in [-0.2, -0.15) is 0 Å². The van der Waals surface area contributed by atoms with Crippen LogP contribution in [0.5, 0.6) is 0 Å². The summed E-state index contributed by atoms with van der Waals surface area (Å²) in [5.74, 6) is 1.85. The van der Waals surface area contributed by atoms with E-state index in [-0.39, 0.29) is 11.9 Å². The van der Waals surface area contributed by atoms with Crippen molar-refractivity contribution < 1.29 is 9.21 Å². The number of hydrogen-bond acceptors (Lipinski definition) is 5. The molecule has 3 rings (SSSR count). The molecule has 27 heavy (non-hydrogen) atoms. The lowest BCUT2D eigenvalue weighted by Crippen LogP contribution is -2.34. The first-order valence-corrected chi connectivity index (χ1v) is 9.93. The average Bonchev–Trinajstić information content (AvgIpc) is 3.24. The summed E-state index contributed by atoms with van der Waals surface area (Å²) in [6.45, 7) is 3.93. The Balaban J connectivity index is 1.48. The number of thioether (sulfide) groups is 1. The number of aryl methyl sites for hydroxylation is 2. The van der Waals surface area contributed by atoms with Crippen LogP contribution < -0.4 is 5.32 Å². The third kappa shape index (κ3) is 5.01. The number of furan rings is 1. The van der Waals surface area contributed by atoms with Gasteiger partial charge in [0.15, 0.2) is 11.0 Å². The Morgan fingerprint density at radius 2 is 2.04 bits per heavy atom. The van der Waals surface area contributed by atoms with E-state index in [0.29, 0.717) is 10.9 Å². The fraction of sp³-hybridized carbons (Fsp3) is 0.350. The van der Waals surface area contributed by atoms with Crippen molar-refractivity contribution >= 4 is 17.7 Å². The highest BCUT2D eigenvalue weighted by atomic mass is 32.2. The molecule has 0 fully saturated rings. The molecule has 0 aliphatic carbocycles. The van der Waals surface area contributed by atoms with E-state index in [1.807, 2.05) is 49.7 Å². The molecule has 142 valence electrons. The van der Waals surface area contributed by atoms with E-state index in [0.717, 1.165) is 30.0 Å². The van der Waals surface area contributed by atoms with Crippen molar-refractivity contribution in [3.05, 3.63) is 54.0 Å². The van der Waals surface area contributed by atoms with Gasteiger partial charge in [-0.3, -0.25) is 4.79 Å². The largest absolute Gasteiger partial charge is 0.469 e. The van der Waals surface area contributed by atoms with Gasteiger partial charge in [-0.1, -0.05) is 42.1 Å². The highest BCUT2D eigenvalue weighted by molar-refractivity contribution is 7.99. The van der Waals surface area contributed by atoms with E-state index < -0.39 is 0 Å². The third-order valence-corrected chi connectivity index (χ3v) is 5.40. The molecule has 0 unspecified atom stereocenters. The molecular formula is C20H24N4O2S. The minimum Gasteiger partial charge on any atom is -0.469 e. The van der Waals surface area contributed by atoms with E-state index in [4.69, 9.17) is 4.42 Å². The number of nitrogens with one attached hydrogen (secondary N) is 1. The zero-order valence-corrected chi connectivity index (χ0v) is 16.6. The molecule has 1 aromatic carbocycles. The standard InChI is InChI=1S/C20H24N4O2S/c1-14(9-10-16-7-5-4-6-8-16)21-18(25)13-27-20-23-22-19(24(20)3)17-11-12-26-15(17)2/h4-8,11-12,14H,9-10,13H2,1-3H3,(H,21,25)/t14-/m1/s1. The normalized spacial score (nSPS) is 12.1. The van der Waals surface area contributed by atoms with E-state index in [1.54, 1.807) is 6.26 Å². The average molecular weight is 385 g/mol. The molecule has 3 aromatic rings. The summed E-state index contributed by atoms with van der Waals surface area (Å²) in [7, 11) is 1.89. The molecule has 0 saturated heterocycles. The van der Waals surface area contributed by atoms with Gasteiger partial charge in [0.25, 0.3) is 0 Å². The molecule has 1 amide bonds. The molecule has 0 spiro atoms. The first-order valence-electron chi connectivity index (χ1n) is 8.94. The van der Waals surface area contributed by atoms with Crippen LogP contribution in [0, 0.1) is 6.92 Å². The Morgan fingerprint density at radius 1 is 1.26 bits per heavy atom. The second-order valence-electron chi connectivity index (χ2n) is 6.54. The number of benzene rings is 1. The first-order chi connectivity index (χ1) is 13.0. The molecule has 0 radical (unpaired) electrons. The number of aromatic nitrogens is 3. The second-order valence-corrected chi connectivity index (χ2v) is 7.48. The van der Waals surface area contributed by atoms with Crippen LogP contribution >= 0.6 is 11.8 Å². The summed E-state index contributed by atoms with van der Waals surface area (Å²) in [6.07, 6.45) is 3.50. The van der Waals surface area contributed by atoms with Gasteiger partial charge in [-0.15, -0.1) is 10.2 Å². The minimum absolute atomic E-state index is 0.00426. The minimum atomic E-state index is 0.00426. The predicted molar refractivity (Wildman–Crippen MR) is 107 cm³/mol. The summed E-state index contributed by atoms with van der Waals surface area (Å²) in [6, 6.07) is 12.3. The van der Waals surface area contributed by atoms with E-state index in [2.05, 4.69) is 27.6 Å². The monoisotopic (exact) mass is 384 g/mol. The van der Waals surface area contributed by atoms with E-state index >= 15 is 0 Å². The molecule has 0 aliphatic heterocycles. The van der Waals surface area contributed by atoms with E-state index in [1.165, 1.54) is 17.3 Å². The molecule has 1 atom stereocenters. The second kappa shape index (κ2) is 8.90. The van der Waals surface area contributed by atoms with Crippen molar-refractivity contribution in [1.82, 2.24) is 20.1 Å². The van der Waals surface area contributed by atoms with Crippen LogP contribution in [0.1, 0.15) is 24.7 Å². The van der Waals surface area contributed by atoms with Crippen molar-refractivity contribution in [3.63, 3.8) is 0 Å². The molecular weight excluding hydrogens is 360 g/mol. The maximum Gasteiger partial charge on any atom is 0.230 e. The zero-order chi connectivity index (χ0) is 19.2. The maximum atomic E-state index is 12.2. The summed E-state index contributed by atoms with van der Waals surface area (Å²) in [4.78, 5) is 12.2. The quantitative estimate of drug-likeness (QED) is 0.601. The van der Waals surface area contributed by atoms with Crippen LogP contribution in [0.15, 0.2) is 52.2 Å².